The number of hydrogen-bond donors (Lipinski definition) is 1. The Kier molecular flexibility index (Phi) is 4.12. The zero-order chi connectivity index (χ0) is 13.9. The molecular formula is C10H7F5NO2-. The van der Waals surface area contributed by atoms with E-state index in [1.54, 1.807) is 0 Å². The van der Waals surface area contributed by atoms with Gasteiger partial charge in [-0.15, -0.1) is 0 Å². The maximum Gasteiger partial charge on any atom is 0.422 e. The van der Waals surface area contributed by atoms with E-state index in [1.165, 1.54) is 12.6 Å². The number of benzene rings is 1. The van der Waals surface area contributed by atoms with Crippen molar-refractivity contribution in [2.75, 3.05) is 12.6 Å². The summed E-state index contributed by atoms with van der Waals surface area (Å²) in [5.41, 5.74) is -1.94. The van der Waals surface area contributed by atoms with E-state index in [4.69, 9.17) is 0 Å². The Balaban J connectivity index is 3.37. The van der Waals surface area contributed by atoms with Crippen LogP contribution in [0.4, 0.5) is 27.6 Å². The molecule has 0 saturated heterocycles. The minimum atomic E-state index is -5.21. The Morgan fingerprint density at radius 1 is 1.28 bits per heavy atom. The monoisotopic (exact) mass is 268 g/mol. The van der Waals surface area contributed by atoms with Crippen LogP contribution in [0.1, 0.15) is 5.56 Å². The third-order valence-electron chi connectivity index (χ3n) is 2.07. The van der Waals surface area contributed by atoms with Crippen LogP contribution in [-0.4, -0.2) is 13.3 Å². The number of hydrogen-bond acceptors (Lipinski definition) is 3. The van der Waals surface area contributed by atoms with E-state index in [-0.39, 0.29) is 11.4 Å². The quantitative estimate of drug-likeness (QED) is 0.670. The van der Waals surface area contributed by atoms with Gasteiger partial charge in [-0.3, -0.25) is 0 Å². The summed E-state index contributed by atoms with van der Waals surface area (Å²) >= 11 is 0. The Morgan fingerprint density at radius 2 is 1.89 bits per heavy atom. The van der Waals surface area contributed by atoms with Gasteiger partial charge in [0, 0.05) is 0 Å². The summed E-state index contributed by atoms with van der Waals surface area (Å²) in [7, 11) is 1.19. The second-order valence-electron chi connectivity index (χ2n) is 3.15. The molecule has 1 aromatic rings. The van der Waals surface area contributed by atoms with Gasteiger partial charge in [0.15, 0.2) is 0 Å². The molecule has 18 heavy (non-hydrogen) atoms. The average Bonchev–Trinajstić information content (AvgIpc) is 2.26. The van der Waals surface area contributed by atoms with Crippen molar-refractivity contribution < 1.29 is 26.7 Å². The van der Waals surface area contributed by atoms with Crippen LogP contribution in [0.25, 0.3) is 5.57 Å². The number of ether oxygens (including phenoxy) is 1. The highest BCUT2D eigenvalue weighted by atomic mass is 19.4. The first-order valence-corrected chi connectivity index (χ1v) is 4.50. The fraction of sp³-hybridized carbons (Fsp3) is 0.200. The number of nitrogens with one attached hydrogen (secondary N) is 1. The molecular weight excluding hydrogens is 261 g/mol. The Hall–Kier alpha value is -1.83. The molecule has 0 radical (unpaired) electrons. The lowest BCUT2D eigenvalue weighted by Gasteiger charge is -2.17. The lowest BCUT2D eigenvalue weighted by molar-refractivity contribution is -0.0711. The predicted octanol–water partition coefficient (Wildman–Crippen LogP) is 3.77. The largest absolute Gasteiger partial charge is 0.761 e. The fourth-order valence-electron chi connectivity index (χ4n) is 1.32. The van der Waals surface area contributed by atoms with Crippen molar-refractivity contribution in [3.8, 4) is 5.75 Å². The second kappa shape index (κ2) is 5.21. The van der Waals surface area contributed by atoms with Crippen LogP contribution in [0.15, 0.2) is 24.3 Å². The van der Waals surface area contributed by atoms with Crippen LogP contribution in [-0.2, 0) is 0 Å². The molecule has 1 N–H and O–H groups in total. The van der Waals surface area contributed by atoms with Crippen molar-refractivity contribution in [2.24, 2.45) is 0 Å². The minimum Gasteiger partial charge on any atom is -0.761 e. The maximum atomic E-state index is 12.4. The highest BCUT2D eigenvalue weighted by Gasteiger charge is 2.39. The van der Waals surface area contributed by atoms with Gasteiger partial charge in [0.2, 0.25) is 0 Å². The van der Waals surface area contributed by atoms with E-state index < -0.39 is 23.4 Å². The third-order valence-corrected chi connectivity index (χ3v) is 2.07. The third kappa shape index (κ3) is 2.89. The number of rotatable bonds is 3. The molecule has 0 amide bonds. The molecule has 0 aliphatic carbocycles. The van der Waals surface area contributed by atoms with Crippen molar-refractivity contribution >= 4 is 11.3 Å². The van der Waals surface area contributed by atoms with E-state index in [2.05, 4.69) is 4.74 Å². The van der Waals surface area contributed by atoms with E-state index in [0.717, 1.165) is 12.1 Å². The van der Waals surface area contributed by atoms with Crippen LogP contribution in [0.3, 0.4) is 0 Å². The summed E-state index contributed by atoms with van der Waals surface area (Å²) in [5, 5.41) is 10.5. The highest BCUT2D eigenvalue weighted by Crippen LogP contribution is 2.39. The highest BCUT2D eigenvalue weighted by molar-refractivity contribution is 5.75. The zero-order valence-corrected chi connectivity index (χ0v) is 8.94. The van der Waals surface area contributed by atoms with Crippen LogP contribution < -0.4 is 10.2 Å². The fourth-order valence-corrected chi connectivity index (χ4v) is 1.32. The summed E-state index contributed by atoms with van der Waals surface area (Å²) in [6.45, 7) is 0. The van der Waals surface area contributed by atoms with Gasteiger partial charge in [-0.1, -0.05) is 6.07 Å². The number of methoxy groups -OCH3 is 1. The lowest BCUT2D eigenvalue weighted by Crippen LogP contribution is -2.12. The van der Waals surface area contributed by atoms with Crippen LogP contribution in [0, 0.1) is 5.21 Å². The summed E-state index contributed by atoms with van der Waals surface area (Å²) < 4.78 is 66.5. The van der Waals surface area contributed by atoms with Gasteiger partial charge >= 0.3 is 6.18 Å². The molecule has 1 aromatic carbocycles. The SMILES string of the molecule is COc1ccc(C(=C(F)F)C(F)(F)F)cc1N[O-]. The molecule has 8 heteroatoms. The molecule has 0 saturated carbocycles. The average molecular weight is 268 g/mol. The maximum absolute atomic E-state index is 12.4. The summed E-state index contributed by atoms with van der Waals surface area (Å²) in [5.74, 6) is -0.0467. The smallest absolute Gasteiger partial charge is 0.422 e. The Morgan fingerprint density at radius 3 is 2.28 bits per heavy atom. The van der Waals surface area contributed by atoms with Gasteiger partial charge in [0.05, 0.1) is 12.8 Å². The standard InChI is InChI=1S/C10H7F5NO2/c1-18-7-3-2-5(4-6(7)16-17)8(9(11)12)10(13,14)15/h2-4,16H,1H3/q-1. The van der Waals surface area contributed by atoms with Crippen LogP contribution >= 0.6 is 0 Å². The van der Waals surface area contributed by atoms with Gasteiger partial charge in [0.1, 0.15) is 11.3 Å². The molecule has 0 aliphatic heterocycles. The van der Waals surface area contributed by atoms with Crippen LogP contribution in [0.5, 0.6) is 5.75 Å². The topological polar surface area (TPSA) is 44.3 Å². The van der Waals surface area contributed by atoms with E-state index >= 15 is 0 Å². The molecule has 0 fully saturated rings. The molecule has 0 unspecified atom stereocenters. The van der Waals surface area contributed by atoms with Gasteiger partial charge in [-0.25, -0.2) is 0 Å². The first kappa shape index (κ1) is 14.2. The molecule has 0 bridgehead atoms. The summed E-state index contributed by atoms with van der Waals surface area (Å²) in [6, 6.07) is 2.43. The van der Waals surface area contributed by atoms with Gasteiger partial charge in [-0.05, 0) is 17.7 Å². The summed E-state index contributed by atoms with van der Waals surface area (Å²) in [4.78, 5) is 0. The van der Waals surface area contributed by atoms with E-state index in [0.29, 0.717) is 6.07 Å². The van der Waals surface area contributed by atoms with Gasteiger partial charge in [-0.2, -0.15) is 22.0 Å². The number of anilines is 1. The predicted molar refractivity (Wildman–Crippen MR) is 55.2 cm³/mol. The van der Waals surface area contributed by atoms with Crippen LogP contribution in [0.2, 0.25) is 0 Å². The molecule has 0 spiro atoms. The molecule has 0 aromatic heterocycles. The molecule has 100 valence electrons. The van der Waals surface area contributed by atoms with E-state index in [1.807, 2.05) is 0 Å². The molecule has 0 heterocycles. The number of alkyl halides is 3. The second-order valence-corrected chi connectivity index (χ2v) is 3.15. The zero-order valence-electron chi connectivity index (χ0n) is 8.94. The minimum absolute atomic E-state index is 0.0467. The Labute approximate surface area is 98.4 Å². The molecule has 0 aliphatic rings. The number of halogens is 5. The van der Waals surface area contributed by atoms with E-state index in [9.17, 15) is 27.2 Å². The molecule has 3 nitrogen and oxygen atoms in total. The lowest BCUT2D eigenvalue weighted by atomic mass is 10.1. The van der Waals surface area contributed by atoms with Gasteiger partial charge < -0.3 is 15.4 Å². The van der Waals surface area contributed by atoms with Crippen molar-refractivity contribution in [1.29, 1.82) is 0 Å². The first-order chi connectivity index (χ1) is 8.31. The van der Waals surface area contributed by atoms with Gasteiger partial charge in [0.25, 0.3) is 6.08 Å². The van der Waals surface area contributed by atoms with Crippen molar-refractivity contribution in [2.45, 2.75) is 6.18 Å². The summed E-state index contributed by atoms with van der Waals surface area (Å²) in [6.07, 6.45) is -8.09. The molecule has 0 atom stereocenters. The van der Waals surface area contributed by atoms with Crippen molar-refractivity contribution in [3.05, 3.63) is 35.1 Å². The van der Waals surface area contributed by atoms with Crippen molar-refractivity contribution in [3.63, 3.8) is 0 Å². The Bertz CT molecular complexity index is 466. The normalized spacial score (nSPS) is 11.1. The number of allylic oxidation sites excluding steroid dienone is 1. The van der Waals surface area contributed by atoms with Crippen molar-refractivity contribution in [1.82, 2.24) is 0 Å². The first-order valence-electron chi connectivity index (χ1n) is 4.50. The molecule has 1 rings (SSSR count).